The second-order valence-electron chi connectivity index (χ2n) is 33.5. The van der Waals surface area contributed by atoms with Crippen molar-refractivity contribution in [1.82, 2.24) is 0 Å². The summed E-state index contributed by atoms with van der Waals surface area (Å²) in [6.07, 6.45) is 11.9. The molecule has 12 rings (SSSR count). The van der Waals surface area contributed by atoms with E-state index in [9.17, 15) is 35.0 Å². The van der Waals surface area contributed by atoms with E-state index in [0.717, 1.165) is 81.8 Å². The number of rotatable bonds is 21. The molecule has 578 valence electrons. The van der Waals surface area contributed by atoms with Gasteiger partial charge in [0.05, 0.1) is 59.8 Å². The van der Waals surface area contributed by atoms with E-state index in [0.29, 0.717) is 37.6 Å². The summed E-state index contributed by atoms with van der Waals surface area (Å²) in [6, 6.07) is 71.5. The molecule has 0 amide bonds. The Labute approximate surface area is 713 Å². The molecule has 12 unspecified atom stereocenters. The normalized spacial score (nSPS) is 25.2. The van der Waals surface area contributed by atoms with Crippen LogP contribution in [0.25, 0.3) is 0 Å². The second kappa shape index (κ2) is 43.2. The maximum Gasteiger partial charge on any atom is 1.00 e. The molecule has 16 nitrogen and oxygen atoms in total. The number of carbonyl (C=O) groups excluding carboxylic acids is 4. The van der Waals surface area contributed by atoms with Crippen molar-refractivity contribution in [2.45, 2.75) is 215 Å². The molecule has 0 heterocycles. The number of hydrogen-bond donors (Lipinski definition) is 3. The Morgan fingerprint density at radius 1 is 0.378 bits per heavy atom. The summed E-state index contributed by atoms with van der Waals surface area (Å²) in [5, 5.41) is 63.9. The largest absolute Gasteiger partial charge is 1.00 e. The first-order valence-corrected chi connectivity index (χ1v) is 37.3. The number of carbonyl (C=O) groups is 4. The third-order valence-electron chi connectivity index (χ3n) is 20.7. The van der Waals surface area contributed by atoms with Crippen LogP contribution in [0, 0.1) is 113 Å². The summed E-state index contributed by atoms with van der Waals surface area (Å²) in [6.45, 7) is 22.5. The third kappa shape index (κ3) is 28.6. The van der Waals surface area contributed by atoms with Crippen LogP contribution in [0.4, 0.5) is 0 Å². The maximum atomic E-state index is 12.3. The Balaban J connectivity index is 0.00000132. The molecule has 6 aromatic rings. The van der Waals surface area contributed by atoms with E-state index >= 15 is 0 Å². The molecule has 6 aliphatic rings. The SMILES string of the molecule is C.CC(C)(C)OC(=O)C1(C#N)CC1CCc1ccccc1.CC(C)(C)OC(=O)C1(C#N)CC1CCc1ccccc1.CC(C)(C)OC(=O)C1(C#N)CC1c1ccccc1.CC(C)(C)OC(=O)C1(CN)CC1CCc1ccccc1.N#CC1(CO)CC1CCc1ccccc1.N#CC1(CO)CC1c1ccccc1.[B].[B].[H-].[H-].[Na+].[Na+]. The molecule has 111 heavy (non-hydrogen) atoms. The van der Waals surface area contributed by atoms with Crippen molar-refractivity contribution < 1.29 is 110 Å². The molecule has 0 bridgehead atoms. The van der Waals surface area contributed by atoms with Crippen LogP contribution in [0.1, 0.15) is 203 Å². The van der Waals surface area contributed by atoms with Crippen molar-refractivity contribution >= 4 is 40.7 Å². The van der Waals surface area contributed by atoms with Crippen molar-refractivity contribution in [3.63, 3.8) is 0 Å². The van der Waals surface area contributed by atoms with Gasteiger partial charge in [-0.25, -0.2) is 0 Å². The maximum absolute atomic E-state index is 12.3. The minimum absolute atomic E-state index is 0. The van der Waals surface area contributed by atoms with E-state index in [-0.39, 0.29) is 141 Å². The summed E-state index contributed by atoms with van der Waals surface area (Å²) in [5.41, 5.74) is 7.01. The fourth-order valence-corrected chi connectivity index (χ4v) is 13.6. The Morgan fingerprint density at radius 3 is 0.928 bits per heavy atom. The predicted octanol–water partition coefficient (Wildman–Crippen LogP) is 10.9. The van der Waals surface area contributed by atoms with E-state index in [2.05, 4.69) is 78.9 Å². The molecular formula is C91H116B2N6Na2O10. The summed E-state index contributed by atoms with van der Waals surface area (Å²) < 4.78 is 21.6. The number of hydrogen-bond acceptors (Lipinski definition) is 16. The first kappa shape index (κ1) is 99.7. The number of aliphatic hydroxyl groups is 2. The number of aliphatic hydroxyl groups excluding tert-OH is 2. The zero-order valence-corrected chi connectivity index (χ0v) is 71.4. The van der Waals surface area contributed by atoms with Gasteiger partial charge >= 0.3 is 83.0 Å². The van der Waals surface area contributed by atoms with Crippen LogP contribution in [0.5, 0.6) is 0 Å². The molecule has 12 atom stereocenters. The Bertz CT molecular complexity index is 4030. The smallest absolute Gasteiger partial charge is 1.00 e. The molecule has 6 radical (unpaired) electrons. The van der Waals surface area contributed by atoms with Gasteiger partial charge in [0.15, 0.2) is 16.2 Å². The first-order chi connectivity index (χ1) is 50.1. The molecule has 6 aromatic carbocycles. The minimum atomic E-state index is -0.978. The molecule has 6 fully saturated rings. The zero-order chi connectivity index (χ0) is 77.8. The molecule has 0 aromatic heterocycles. The number of benzene rings is 6. The van der Waals surface area contributed by atoms with Crippen LogP contribution in [0.15, 0.2) is 182 Å². The first-order valence-electron chi connectivity index (χ1n) is 37.3. The quantitative estimate of drug-likeness (QED) is 0.0343. The van der Waals surface area contributed by atoms with Gasteiger partial charge in [-0.1, -0.05) is 189 Å². The molecule has 0 saturated heterocycles. The van der Waals surface area contributed by atoms with Crippen molar-refractivity contribution in [3.05, 3.63) is 215 Å². The number of esters is 4. The van der Waals surface area contributed by atoms with E-state index < -0.39 is 60.9 Å². The molecule has 4 N–H and O–H groups in total. The standard InChI is InChI=1S/C17H25NO2.2C17H21NO2.C15H17NO2.C13H15NO.C11H11NO.CH4.2B.2Na.2H/c3*1-16(2,3)20-15(19)17(12-18)11-14(17)10-9-13-7-5-4-6-8-13;1-14(2,3)18-13(17)15(10-16)9-12(15)11-7-5-4-6-8-11;14-9-13(10-15)8-12(13)7-6-11-4-2-1-3-5-11;12-7-11(8-13)6-10(11)9-4-2-1-3-5-9;;;;;;;/h4-8,14H,9-12,18H2,1-3H3;2*4-8,14H,9-11H2,1-3H3;4-8,12H,9H2,1-3H3;1-5,12,15H,6-8,10H2;1-5,10,13H,6,8H2;1H4;;;;;;/q;;;;;;;;;2*+1;2*-1. The van der Waals surface area contributed by atoms with E-state index in [1.165, 1.54) is 22.3 Å². The van der Waals surface area contributed by atoms with E-state index in [1.54, 1.807) is 0 Å². The molecule has 6 saturated carbocycles. The minimum Gasteiger partial charge on any atom is -1.00 e. The van der Waals surface area contributed by atoms with Gasteiger partial charge in [0, 0.05) is 35.2 Å². The average Bonchev–Trinajstić information content (AvgIpc) is 1.52. The fraction of sp³-hybridized carbons (Fsp3) is 0.505. The van der Waals surface area contributed by atoms with Gasteiger partial charge in [0.25, 0.3) is 0 Å². The predicted molar refractivity (Wildman–Crippen MR) is 429 cm³/mol. The van der Waals surface area contributed by atoms with E-state index in [1.807, 2.05) is 217 Å². The van der Waals surface area contributed by atoms with Gasteiger partial charge in [0.1, 0.15) is 22.4 Å². The van der Waals surface area contributed by atoms with Gasteiger partial charge in [-0.3, -0.25) is 19.2 Å². The van der Waals surface area contributed by atoms with Crippen molar-refractivity contribution in [2.75, 3.05) is 19.8 Å². The number of nitrogens with zero attached hydrogens (tertiary/aromatic N) is 5. The molecule has 0 aliphatic heterocycles. The average molecular weight is 1520 g/mol. The number of nitriles is 5. The number of ether oxygens (including phenoxy) is 4. The van der Waals surface area contributed by atoms with Crippen molar-refractivity contribution in [3.8, 4) is 30.3 Å². The van der Waals surface area contributed by atoms with Crippen LogP contribution >= 0.6 is 0 Å². The summed E-state index contributed by atoms with van der Waals surface area (Å²) in [5.74, 6) is -0.00402. The van der Waals surface area contributed by atoms with Crippen LogP contribution in [-0.2, 0) is 63.8 Å². The summed E-state index contributed by atoms with van der Waals surface area (Å²) in [4.78, 5) is 48.7. The second-order valence-corrected chi connectivity index (χ2v) is 33.5. The van der Waals surface area contributed by atoms with Gasteiger partial charge in [-0.2, -0.15) is 26.3 Å². The zero-order valence-electron chi connectivity index (χ0n) is 69.4. The Hall–Kier alpha value is -7.34. The monoisotopic (exact) mass is 1520 g/mol. The number of aryl methyl sites for hydroxylation is 4. The summed E-state index contributed by atoms with van der Waals surface area (Å²) in [7, 11) is 0. The van der Waals surface area contributed by atoms with Gasteiger partial charge in [-0.05, 0) is 230 Å². The van der Waals surface area contributed by atoms with Crippen LogP contribution in [-0.4, -0.2) is 93.1 Å². The Kier molecular flexibility index (Phi) is 38.8. The van der Waals surface area contributed by atoms with Crippen LogP contribution in [0.2, 0.25) is 0 Å². The molecular weight excluding hydrogens is 1400 g/mol. The fourth-order valence-electron chi connectivity index (χ4n) is 13.6. The molecule has 0 spiro atoms. The van der Waals surface area contributed by atoms with Crippen LogP contribution in [0.3, 0.4) is 0 Å². The topological polar surface area (TPSA) is 291 Å². The van der Waals surface area contributed by atoms with Crippen molar-refractivity contribution in [1.29, 1.82) is 26.3 Å². The number of nitrogens with two attached hydrogens (primary N) is 1. The van der Waals surface area contributed by atoms with Gasteiger partial charge < -0.3 is 37.7 Å². The van der Waals surface area contributed by atoms with E-state index in [4.69, 9.17) is 45.4 Å². The van der Waals surface area contributed by atoms with Crippen molar-refractivity contribution in [2.24, 2.45) is 61.9 Å². The van der Waals surface area contributed by atoms with Gasteiger partial charge in [0.2, 0.25) is 0 Å². The third-order valence-corrected chi connectivity index (χ3v) is 20.7. The van der Waals surface area contributed by atoms with Gasteiger partial charge in [-0.15, -0.1) is 0 Å². The summed E-state index contributed by atoms with van der Waals surface area (Å²) >= 11 is 0. The Morgan fingerprint density at radius 2 is 0.658 bits per heavy atom. The molecule has 20 heteroatoms. The van der Waals surface area contributed by atoms with Crippen LogP contribution < -0.4 is 64.8 Å². The molecule has 6 aliphatic carbocycles.